The lowest BCUT2D eigenvalue weighted by molar-refractivity contribution is -0.114. The van der Waals surface area contributed by atoms with E-state index in [4.69, 9.17) is 4.74 Å². The average Bonchev–Trinajstić information content (AvgIpc) is 3.71. The first-order chi connectivity index (χ1) is 19.6. The summed E-state index contributed by atoms with van der Waals surface area (Å²) < 4.78 is 10.0. The number of nitrogens with one attached hydrogen (secondary N) is 1. The van der Waals surface area contributed by atoms with Gasteiger partial charge in [0.2, 0.25) is 0 Å². The third-order valence-electron chi connectivity index (χ3n) is 8.69. The first-order valence-electron chi connectivity index (χ1n) is 13.8. The summed E-state index contributed by atoms with van der Waals surface area (Å²) in [5, 5.41) is 13.9. The number of hydrogen-bond acceptors (Lipinski definition) is 5. The fourth-order valence-corrected chi connectivity index (χ4v) is 6.88. The van der Waals surface area contributed by atoms with Crippen molar-refractivity contribution in [2.75, 3.05) is 26.2 Å². The molecule has 4 aliphatic rings. The lowest BCUT2D eigenvalue weighted by Crippen LogP contribution is -2.51. The van der Waals surface area contributed by atoms with Crippen molar-refractivity contribution in [3.8, 4) is 6.07 Å². The second-order valence-corrected chi connectivity index (χ2v) is 11.1. The largest absolute Gasteiger partial charge is 0.371 e. The summed E-state index contributed by atoms with van der Waals surface area (Å²) >= 11 is 0. The molecule has 3 amide bonds. The molecule has 7 heterocycles. The van der Waals surface area contributed by atoms with Gasteiger partial charge in [-0.05, 0) is 48.2 Å². The van der Waals surface area contributed by atoms with Crippen LogP contribution in [0.3, 0.4) is 0 Å². The van der Waals surface area contributed by atoms with Gasteiger partial charge in [-0.25, -0.2) is 9.78 Å². The highest BCUT2D eigenvalue weighted by molar-refractivity contribution is 6.31. The summed E-state index contributed by atoms with van der Waals surface area (Å²) in [5.74, 6) is -0.137. The number of morpholine rings is 1. The number of nitrogens with zero attached hydrogens (tertiary/aromatic N) is 6. The highest BCUT2D eigenvalue weighted by atomic mass is 16.5. The molecule has 40 heavy (non-hydrogen) atoms. The van der Waals surface area contributed by atoms with Gasteiger partial charge in [0.1, 0.15) is 5.65 Å². The minimum atomic E-state index is -0.137. The molecule has 1 N–H and O–H groups in total. The van der Waals surface area contributed by atoms with Gasteiger partial charge in [0.05, 0.1) is 46.8 Å². The number of likely N-dealkylation sites (tertiary alicyclic amines) is 1. The predicted molar refractivity (Wildman–Crippen MR) is 147 cm³/mol. The van der Waals surface area contributed by atoms with Crippen LogP contribution < -0.4 is 5.32 Å². The van der Waals surface area contributed by atoms with Gasteiger partial charge in [0.15, 0.2) is 0 Å². The topological polar surface area (TPSA) is 108 Å². The minimum Gasteiger partial charge on any atom is -0.371 e. The molecule has 0 radical (unpaired) electrons. The molecule has 0 aliphatic carbocycles. The van der Waals surface area contributed by atoms with Crippen molar-refractivity contribution < 1.29 is 14.3 Å². The zero-order chi connectivity index (χ0) is 27.0. The van der Waals surface area contributed by atoms with E-state index in [1.807, 2.05) is 50.7 Å². The van der Waals surface area contributed by atoms with Crippen molar-refractivity contribution in [1.29, 1.82) is 5.26 Å². The number of ether oxygens (including phenoxy) is 1. The molecule has 2 bridgehead atoms. The lowest BCUT2D eigenvalue weighted by Gasteiger charge is -2.35. The Hall–Kier alpha value is -4.62. The van der Waals surface area contributed by atoms with Crippen molar-refractivity contribution in [3.63, 3.8) is 0 Å². The Labute approximate surface area is 230 Å². The number of carbonyl (C=O) groups is 2. The number of benzene rings is 1. The van der Waals surface area contributed by atoms with E-state index in [0.29, 0.717) is 50.4 Å². The molecule has 1 aromatic carbocycles. The molecule has 2 unspecified atom stereocenters. The fourth-order valence-electron chi connectivity index (χ4n) is 6.88. The van der Waals surface area contributed by atoms with Crippen LogP contribution >= 0.6 is 0 Å². The van der Waals surface area contributed by atoms with E-state index in [-0.39, 0.29) is 24.1 Å². The number of pyridine rings is 1. The number of hydrogen-bond donors (Lipinski definition) is 1. The summed E-state index contributed by atoms with van der Waals surface area (Å²) in [4.78, 5) is 35.1. The third-order valence-corrected chi connectivity index (χ3v) is 8.69. The average molecular weight is 534 g/mol. The molecule has 0 spiro atoms. The number of aromatic nitrogens is 3. The van der Waals surface area contributed by atoms with E-state index in [1.165, 1.54) is 0 Å². The van der Waals surface area contributed by atoms with E-state index in [2.05, 4.69) is 27.1 Å². The summed E-state index contributed by atoms with van der Waals surface area (Å²) in [6.07, 6.45) is 8.03. The van der Waals surface area contributed by atoms with Crippen LogP contribution in [0, 0.1) is 11.3 Å². The minimum absolute atomic E-state index is 0.0323. The molecule has 2 fully saturated rings. The molecule has 8 rings (SSSR count). The maximum Gasteiger partial charge on any atom is 0.320 e. The SMILES string of the molecule is N#Cc1cc2c3c(c1)c(C1=C(c4cnc5ccccn45)C(=O)NC1)cn3CCN(C(=O)N1CC3CCC(C1)O3)C2. The first kappa shape index (κ1) is 23.3. The predicted octanol–water partition coefficient (Wildman–Crippen LogP) is 3.00. The second-order valence-electron chi connectivity index (χ2n) is 11.1. The van der Waals surface area contributed by atoms with Crippen LogP contribution in [0.2, 0.25) is 0 Å². The van der Waals surface area contributed by atoms with Crippen LogP contribution in [0.4, 0.5) is 4.79 Å². The normalized spacial score (nSPS) is 22.2. The van der Waals surface area contributed by atoms with Gasteiger partial charge in [-0.1, -0.05) is 6.07 Å². The number of fused-ring (bicyclic) bond motifs is 3. The van der Waals surface area contributed by atoms with Gasteiger partial charge in [0.25, 0.3) is 5.91 Å². The molecule has 3 aromatic heterocycles. The van der Waals surface area contributed by atoms with E-state index in [9.17, 15) is 14.9 Å². The number of amides is 3. The number of rotatable bonds is 2. The third kappa shape index (κ3) is 3.47. The Kier molecular flexibility index (Phi) is 5.06. The van der Waals surface area contributed by atoms with Gasteiger partial charge >= 0.3 is 6.03 Å². The van der Waals surface area contributed by atoms with Gasteiger partial charge in [0, 0.05) is 62.6 Å². The van der Waals surface area contributed by atoms with Crippen LogP contribution in [0.5, 0.6) is 0 Å². The molecule has 2 saturated heterocycles. The molecule has 4 aliphatic heterocycles. The molecule has 4 aromatic rings. The molecule has 10 nitrogen and oxygen atoms in total. The molecular weight excluding hydrogens is 506 g/mol. The Morgan fingerprint density at radius 2 is 1.98 bits per heavy atom. The van der Waals surface area contributed by atoms with Crippen LogP contribution in [0.25, 0.3) is 27.7 Å². The highest BCUT2D eigenvalue weighted by Crippen LogP contribution is 2.38. The molecule has 10 heteroatoms. The monoisotopic (exact) mass is 533 g/mol. The lowest BCUT2D eigenvalue weighted by atomic mass is 9.97. The van der Waals surface area contributed by atoms with E-state index >= 15 is 0 Å². The maximum absolute atomic E-state index is 13.6. The number of urea groups is 1. The summed E-state index contributed by atoms with van der Waals surface area (Å²) in [5.41, 5.74) is 6.41. The summed E-state index contributed by atoms with van der Waals surface area (Å²) in [7, 11) is 0. The van der Waals surface area contributed by atoms with Crippen molar-refractivity contribution in [2.24, 2.45) is 0 Å². The molecule has 0 saturated carbocycles. The van der Waals surface area contributed by atoms with Gasteiger partial charge in [-0.3, -0.25) is 9.20 Å². The van der Waals surface area contributed by atoms with Crippen molar-refractivity contribution in [1.82, 2.24) is 29.1 Å². The Balaban J connectivity index is 1.23. The van der Waals surface area contributed by atoms with E-state index < -0.39 is 0 Å². The number of nitriles is 1. The summed E-state index contributed by atoms with van der Waals surface area (Å²) in [6, 6.07) is 11.9. The summed E-state index contributed by atoms with van der Waals surface area (Å²) in [6.45, 7) is 3.27. The standard InChI is InChI=1S/C30H27N7O3/c31-11-18-9-19-14-35(30(39)36-15-20-4-5-21(16-36)40-20)8-7-34-17-24(22(10-18)28(19)34)23-12-33-29(38)27(23)25-13-32-26-3-1-2-6-37(25)26/h1-3,6,9-10,13,17,20-21H,4-5,7-8,12,14-16H2,(H,33,38). The van der Waals surface area contributed by atoms with Crippen LogP contribution in [0.15, 0.2) is 48.9 Å². The quantitative estimate of drug-likeness (QED) is 0.426. The van der Waals surface area contributed by atoms with E-state index in [1.54, 1.807) is 6.20 Å². The second kappa shape index (κ2) is 8.69. The fraction of sp³-hybridized carbons (Fsp3) is 0.333. The molecule has 200 valence electrons. The van der Waals surface area contributed by atoms with Crippen molar-refractivity contribution >= 4 is 39.6 Å². The van der Waals surface area contributed by atoms with E-state index in [0.717, 1.165) is 51.8 Å². The van der Waals surface area contributed by atoms with Crippen LogP contribution in [-0.2, 0) is 22.6 Å². The smallest absolute Gasteiger partial charge is 0.320 e. The number of carbonyl (C=O) groups excluding carboxylic acids is 2. The zero-order valence-corrected chi connectivity index (χ0v) is 21.8. The molecular formula is C30H27N7O3. The zero-order valence-electron chi connectivity index (χ0n) is 21.8. The Morgan fingerprint density at radius 1 is 1.12 bits per heavy atom. The van der Waals surface area contributed by atoms with Crippen molar-refractivity contribution in [2.45, 2.75) is 38.1 Å². The van der Waals surface area contributed by atoms with Gasteiger partial charge in [-0.2, -0.15) is 5.26 Å². The molecule has 2 atom stereocenters. The Bertz CT molecular complexity index is 1800. The maximum atomic E-state index is 13.6. The number of imidazole rings is 1. The van der Waals surface area contributed by atoms with Crippen LogP contribution in [0.1, 0.15) is 35.2 Å². The van der Waals surface area contributed by atoms with Gasteiger partial charge in [-0.15, -0.1) is 0 Å². The van der Waals surface area contributed by atoms with Crippen LogP contribution in [-0.4, -0.2) is 74.1 Å². The van der Waals surface area contributed by atoms with Crippen molar-refractivity contribution in [3.05, 3.63) is 71.3 Å². The first-order valence-corrected chi connectivity index (χ1v) is 13.8. The van der Waals surface area contributed by atoms with Gasteiger partial charge < -0.3 is 24.4 Å². The Morgan fingerprint density at radius 3 is 2.80 bits per heavy atom. The highest BCUT2D eigenvalue weighted by Gasteiger charge is 2.38.